The fraction of sp³-hybridized carbons (Fsp3) is 0.214. The molecule has 0 aliphatic carbocycles. The molecule has 3 aromatic heterocycles. The van der Waals surface area contributed by atoms with Gasteiger partial charge in [-0.1, -0.05) is 0 Å². The second-order valence-electron chi connectivity index (χ2n) is 4.53. The summed E-state index contributed by atoms with van der Waals surface area (Å²) < 4.78 is 2.80. The van der Waals surface area contributed by atoms with Gasteiger partial charge in [0.15, 0.2) is 5.78 Å². The second-order valence-corrected chi connectivity index (χ2v) is 5.48. The highest BCUT2D eigenvalue weighted by molar-refractivity contribution is 7.17. The molecule has 0 spiro atoms. The Morgan fingerprint density at radius 3 is 3.00 bits per heavy atom. The van der Waals surface area contributed by atoms with Crippen LogP contribution < -0.4 is 0 Å². The standard InChI is InChI=1S/C14H13N3OS/c1-9-5-11(17(2)16-9)7-13(18)10-6-14-12(15-8-10)3-4-19-14/h3-6,8H,7H2,1-2H3. The van der Waals surface area contributed by atoms with E-state index in [-0.39, 0.29) is 5.78 Å². The van der Waals surface area contributed by atoms with Gasteiger partial charge >= 0.3 is 0 Å². The van der Waals surface area contributed by atoms with Gasteiger partial charge in [0.2, 0.25) is 0 Å². The number of nitrogens with zero attached hydrogens (tertiary/aromatic N) is 3. The number of carbonyl (C=O) groups excluding carboxylic acids is 1. The van der Waals surface area contributed by atoms with E-state index in [0.29, 0.717) is 12.0 Å². The molecule has 4 nitrogen and oxygen atoms in total. The van der Waals surface area contributed by atoms with Gasteiger partial charge in [-0.15, -0.1) is 11.3 Å². The number of thiophene rings is 1. The van der Waals surface area contributed by atoms with Gasteiger partial charge in [0.1, 0.15) is 0 Å². The van der Waals surface area contributed by atoms with Crippen LogP contribution >= 0.6 is 11.3 Å². The minimum atomic E-state index is 0.0748. The van der Waals surface area contributed by atoms with Gasteiger partial charge in [-0.25, -0.2) is 0 Å². The van der Waals surface area contributed by atoms with Gasteiger partial charge < -0.3 is 0 Å². The maximum absolute atomic E-state index is 12.3. The van der Waals surface area contributed by atoms with Crippen molar-refractivity contribution in [3.8, 4) is 0 Å². The summed E-state index contributed by atoms with van der Waals surface area (Å²) in [4.78, 5) is 16.6. The minimum absolute atomic E-state index is 0.0748. The molecule has 3 heterocycles. The van der Waals surface area contributed by atoms with Crippen LogP contribution in [0.5, 0.6) is 0 Å². The number of aromatic nitrogens is 3. The molecule has 0 unspecified atom stereocenters. The summed E-state index contributed by atoms with van der Waals surface area (Å²) in [6.07, 6.45) is 2.01. The van der Waals surface area contributed by atoms with E-state index >= 15 is 0 Å². The Morgan fingerprint density at radius 1 is 1.42 bits per heavy atom. The van der Waals surface area contributed by atoms with Gasteiger partial charge in [0.25, 0.3) is 0 Å². The zero-order valence-corrected chi connectivity index (χ0v) is 11.6. The third-order valence-corrected chi connectivity index (χ3v) is 3.92. The summed E-state index contributed by atoms with van der Waals surface area (Å²) in [5, 5.41) is 6.23. The van der Waals surface area contributed by atoms with E-state index in [1.165, 1.54) is 0 Å². The number of pyridine rings is 1. The molecule has 0 saturated carbocycles. The van der Waals surface area contributed by atoms with Crippen molar-refractivity contribution in [2.75, 3.05) is 0 Å². The largest absolute Gasteiger partial charge is 0.294 e. The van der Waals surface area contributed by atoms with Crippen LogP contribution in [-0.2, 0) is 13.5 Å². The quantitative estimate of drug-likeness (QED) is 0.688. The first-order valence-electron chi connectivity index (χ1n) is 5.99. The van der Waals surface area contributed by atoms with Crippen molar-refractivity contribution in [2.24, 2.45) is 7.05 Å². The molecule has 0 fully saturated rings. The topological polar surface area (TPSA) is 47.8 Å². The van der Waals surface area contributed by atoms with E-state index in [0.717, 1.165) is 21.6 Å². The predicted octanol–water partition coefficient (Wildman–Crippen LogP) is 2.76. The van der Waals surface area contributed by atoms with E-state index in [2.05, 4.69) is 10.1 Å². The van der Waals surface area contributed by atoms with Crippen molar-refractivity contribution >= 4 is 27.3 Å². The Kier molecular flexibility index (Phi) is 2.91. The Hall–Kier alpha value is -2.01. The number of hydrogen-bond acceptors (Lipinski definition) is 4. The highest BCUT2D eigenvalue weighted by Crippen LogP contribution is 2.20. The minimum Gasteiger partial charge on any atom is -0.294 e. The van der Waals surface area contributed by atoms with Crippen LogP contribution in [0.3, 0.4) is 0 Å². The predicted molar refractivity (Wildman–Crippen MR) is 75.6 cm³/mol. The Bertz CT molecular complexity index is 757. The molecule has 0 aliphatic heterocycles. The van der Waals surface area contributed by atoms with Crippen LogP contribution in [0.1, 0.15) is 21.7 Å². The summed E-state index contributed by atoms with van der Waals surface area (Å²) >= 11 is 1.60. The summed E-state index contributed by atoms with van der Waals surface area (Å²) in [6, 6.07) is 5.81. The molecule has 3 rings (SSSR count). The smallest absolute Gasteiger partial charge is 0.170 e. The van der Waals surface area contributed by atoms with Crippen LogP contribution in [0, 0.1) is 6.92 Å². The number of rotatable bonds is 3. The van der Waals surface area contributed by atoms with Crippen molar-refractivity contribution in [1.29, 1.82) is 0 Å². The number of carbonyl (C=O) groups is 1. The molecular weight excluding hydrogens is 258 g/mol. The number of Topliss-reactive ketones (excluding diaryl/α,β-unsaturated/α-hetero) is 1. The third-order valence-electron chi connectivity index (χ3n) is 3.07. The molecule has 0 saturated heterocycles. The molecule has 0 N–H and O–H groups in total. The lowest BCUT2D eigenvalue weighted by atomic mass is 10.1. The highest BCUT2D eigenvalue weighted by atomic mass is 32.1. The second kappa shape index (κ2) is 4.59. The van der Waals surface area contributed by atoms with E-state index < -0.39 is 0 Å². The Labute approximate surface area is 114 Å². The van der Waals surface area contributed by atoms with Crippen LogP contribution in [0.15, 0.2) is 29.8 Å². The molecule has 19 heavy (non-hydrogen) atoms. The lowest BCUT2D eigenvalue weighted by molar-refractivity contribution is 0.0990. The average Bonchev–Trinajstić information content (AvgIpc) is 2.95. The number of aryl methyl sites for hydroxylation is 2. The van der Waals surface area contributed by atoms with Crippen molar-refractivity contribution in [2.45, 2.75) is 13.3 Å². The van der Waals surface area contributed by atoms with Gasteiger partial charge in [-0.2, -0.15) is 5.10 Å². The van der Waals surface area contributed by atoms with Crippen LogP contribution in [-0.4, -0.2) is 20.5 Å². The van der Waals surface area contributed by atoms with Crippen LogP contribution in [0.25, 0.3) is 10.2 Å². The summed E-state index contributed by atoms with van der Waals surface area (Å²) in [6.45, 7) is 1.92. The molecule has 96 valence electrons. The molecular formula is C14H13N3OS. The Morgan fingerprint density at radius 2 is 2.26 bits per heavy atom. The molecule has 0 atom stereocenters. The van der Waals surface area contributed by atoms with E-state index in [1.807, 2.05) is 37.6 Å². The van der Waals surface area contributed by atoms with E-state index in [4.69, 9.17) is 0 Å². The van der Waals surface area contributed by atoms with Crippen LogP contribution in [0.4, 0.5) is 0 Å². The molecule has 5 heteroatoms. The van der Waals surface area contributed by atoms with Crippen LogP contribution in [0.2, 0.25) is 0 Å². The molecule has 0 amide bonds. The van der Waals surface area contributed by atoms with E-state index in [1.54, 1.807) is 22.2 Å². The van der Waals surface area contributed by atoms with Crippen molar-refractivity contribution in [1.82, 2.24) is 14.8 Å². The highest BCUT2D eigenvalue weighted by Gasteiger charge is 2.12. The molecule has 0 bridgehead atoms. The molecule has 0 radical (unpaired) electrons. The maximum atomic E-state index is 12.3. The third kappa shape index (κ3) is 2.29. The molecule has 3 aromatic rings. The maximum Gasteiger partial charge on any atom is 0.170 e. The van der Waals surface area contributed by atoms with E-state index in [9.17, 15) is 4.79 Å². The summed E-state index contributed by atoms with van der Waals surface area (Å²) in [7, 11) is 1.86. The van der Waals surface area contributed by atoms with Crippen molar-refractivity contribution < 1.29 is 4.79 Å². The fourth-order valence-electron chi connectivity index (χ4n) is 2.10. The first kappa shape index (κ1) is 12.0. The molecule has 0 aromatic carbocycles. The Balaban J connectivity index is 1.89. The summed E-state index contributed by atoms with van der Waals surface area (Å²) in [5.41, 5.74) is 3.46. The normalized spacial score (nSPS) is 11.1. The van der Waals surface area contributed by atoms with Crippen molar-refractivity contribution in [3.05, 3.63) is 46.7 Å². The van der Waals surface area contributed by atoms with Gasteiger partial charge in [-0.3, -0.25) is 14.5 Å². The van der Waals surface area contributed by atoms with Crippen molar-refractivity contribution in [3.63, 3.8) is 0 Å². The number of hydrogen-bond donors (Lipinski definition) is 0. The first-order valence-corrected chi connectivity index (χ1v) is 6.87. The fourth-order valence-corrected chi connectivity index (χ4v) is 2.88. The van der Waals surface area contributed by atoms with Gasteiger partial charge in [0.05, 0.1) is 22.3 Å². The molecule has 0 aliphatic rings. The summed E-state index contributed by atoms with van der Waals surface area (Å²) in [5.74, 6) is 0.0748. The monoisotopic (exact) mass is 271 g/mol. The SMILES string of the molecule is Cc1cc(CC(=O)c2cnc3ccsc3c2)n(C)n1. The van der Waals surface area contributed by atoms with Gasteiger partial charge in [-0.05, 0) is 30.5 Å². The zero-order chi connectivity index (χ0) is 13.4. The number of ketones is 1. The average molecular weight is 271 g/mol. The van der Waals surface area contributed by atoms with Gasteiger partial charge in [0, 0.05) is 24.5 Å². The lowest BCUT2D eigenvalue weighted by Gasteiger charge is -2.02. The zero-order valence-electron chi connectivity index (χ0n) is 10.8. The lowest BCUT2D eigenvalue weighted by Crippen LogP contribution is -2.08. The first-order chi connectivity index (χ1) is 9.13. The number of fused-ring (bicyclic) bond motifs is 1.